The molecule has 1 aromatic rings. The lowest BCUT2D eigenvalue weighted by molar-refractivity contribution is -0.123. The Hall–Kier alpha value is -0.890. The highest BCUT2D eigenvalue weighted by molar-refractivity contribution is 9.10. The van der Waals surface area contributed by atoms with Crippen molar-refractivity contribution >= 4 is 56.2 Å². The second-order valence-corrected chi connectivity index (χ2v) is 8.13. The Morgan fingerprint density at radius 2 is 2.38 bits per heavy atom. The van der Waals surface area contributed by atoms with Gasteiger partial charge in [-0.05, 0) is 44.0 Å². The zero-order valence-electron chi connectivity index (χ0n) is 13.3. The first kappa shape index (κ1) is 17.9. The molecule has 3 rings (SSSR count). The van der Waals surface area contributed by atoms with Crippen molar-refractivity contribution in [1.82, 2.24) is 4.90 Å². The molecule has 0 saturated carbocycles. The van der Waals surface area contributed by atoms with Crippen LogP contribution in [-0.4, -0.2) is 41.0 Å². The van der Waals surface area contributed by atoms with E-state index in [-0.39, 0.29) is 12.0 Å². The van der Waals surface area contributed by atoms with E-state index in [1.165, 1.54) is 11.8 Å². The van der Waals surface area contributed by atoms with Crippen LogP contribution in [0, 0.1) is 0 Å². The van der Waals surface area contributed by atoms with Crippen molar-refractivity contribution in [2.24, 2.45) is 0 Å². The molecule has 0 N–H and O–H groups in total. The van der Waals surface area contributed by atoms with Crippen LogP contribution < -0.4 is 4.74 Å². The van der Waals surface area contributed by atoms with Crippen LogP contribution in [0.2, 0.25) is 0 Å². The first-order valence-electron chi connectivity index (χ1n) is 7.88. The van der Waals surface area contributed by atoms with Gasteiger partial charge in [-0.25, -0.2) is 0 Å². The molecule has 1 atom stereocenters. The Morgan fingerprint density at radius 3 is 3.08 bits per heavy atom. The van der Waals surface area contributed by atoms with Crippen LogP contribution in [0.25, 0.3) is 6.08 Å². The molecule has 1 aromatic carbocycles. The summed E-state index contributed by atoms with van der Waals surface area (Å²) < 4.78 is 12.8. The lowest BCUT2D eigenvalue weighted by Gasteiger charge is -2.18. The number of nitrogens with zero attached hydrogens (tertiary/aromatic N) is 1. The van der Waals surface area contributed by atoms with E-state index < -0.39 is 0 Å². The highest BCUT2D eigenvalue weighted by Crippen LogP contribution is 2.35. The number of amides is 1. The van der Waals surface area contributed by atoms with Gasteiger partial charge in [-0.2, -0.15) is 0 Å². The van der Waals surface area contributed by atoms with Crippen LogP contribution in [-0.2, 0) is 9.53 Å². The lowest BCUT2D eigenvalue weighted by Crippen LogP contribution is -2.35. The Bertz CT molecular complexity index is 686. The van der Waals surface area contributed by atoms with E-state index in [1.807, 2.05) is 31.2 Å². The zero-order valence-corrected chi connectivity index (χ0v) is 16.5. The van der Waals surface area contributed by atoms with E-state index in [2.05, 4.69) is 15.9 Å². The molecule has 2 heterocycles. The van der Waals surface area contributed by atoms with E-state index in [0.29, 0.717) is 22.4 Å². The van der Waals surface area contributed by atoms with Gasteiger partial charge < -0.3 is 9.47 Å². The summed E-state index contributed by atoms with van der Waals surface area (Å²) in [5.74, 6) is 0.702. The molecule has 2 aliphatic rings. The summed E-state index contributed by atoms with van der Waals surface area (Å²) in [6.45, 7) is 3.82. The molecule has 1 amide bonds. The maximum Gasteiger partial charge on any atom is 0.266 e. The number of hydrogen-bond donors (Lipinski definition) is 0. The summed E-state index contributed by atoms with van der Waals surface area (Å²) in [6, 6.07) is 5.76. The third-order valence-electron chi connectivity index (χ3n) is 3.84. The second-order valence-electron chi connectivity index (χ2n) is 5.54. The molecule has 7 heteroatoms. The van der Waals surface area contributed by atoms with Crippen LogP contribution in [0.3, 0.4) is 0 Å². The number of thioether (sulfide) groups is 1. The van der Waals surface area contributed by atoms with Gasteiger partial charge in [-0.3, -0.25) is 9.69 Å². The summed E-state index contributed by atoms with van der Waals surface area (Å²) in [5.41, 5.74) is 0.865. The minimum Gasteiger partial charge on any atom is -0.493 e. The fraction of sp³-hybridized carbons (Fsp3) is 0.412. The fourth-order valence-electron chi connectivity index (χ4n) is 2.71. The number of rotatable bonds is 5. The molecular formula is C17H18BrNO3S2. The van der Waals surface area contributed by atoms with Gasteiger partial charge in [0.05, 0.1) is 24.2 Å². The number of thiocarbonyl (C=S) groups is 1. The SMILES string of the molecule is CCOc1ccc(Br)cc1/C=C1\SC(=S)N(C[C@@H]2CCCO2)C1=O. The minimum atomic E-state index is -0.0528. The molecule has 2 fully saturated rings. The van der Waals surface area contributed by atoms with Gasteiger partial charge in [0.1, 0.15) is 10.1 Å². The topological polar surface area (TPSA) is 38.8 Å². The summed E-state index contributed by atoms with van der Waals surface area (Å²) in [4.78, 5) is 15.0. The number of carbonyl (C=O) groups is 1. The molecule has 4 nitrogen and oxygen atoms in total. The van der Waals surface area contributed by atoms with Gasteiger partial charge in [0.15, 0.2) is 0 Å². The van der Waals surface area contributed by atoms with Gasteiger partial charge in [0.2, 0.25) is 0 Å². The molecule has 0 radical (unpaired) electrons. The maximum atomic E-state index is 12.7. The van der Waals surface area contributed by atoms with E-state index in [1.54, 1.807) is 4.90 Å². The summed E-state index contributed by atoms with van der Waals surface area (Å²) in [7, 11) is 0. The number of halogens is 1. The summed E-state index contributed by atoms with van der Waals surface area (Å²) in [6.07, 6.45) is 3.97. The predicted octanol–water partition coefficient (Wildman–Crippen LogP) is 4.23. The Kier molecular flexibility index (Phi) is 5.97. The summed E-state index contributed by atoms with van der Waals surface area (Å²) in [5, 5.41) is 0. The molecule has 24 heavy (non-hydrogen) atoms. The molecule has 0 bridgehead atoms. The normalized spacial score (nSPS) is 22.7. The second kappa shape index (κ2) is 7.99. The molecular weight excluding hydrogens is 410 g/mol. The van der Waals surface area contributed by atoms with Gasteiger partial charge in [0.25, 0.3) is 5.91 Å². The molecule has 0 aliphatic carbocycles. The fourth-order valence-corrected chi connectivity index (χ4v) is 4.35. The smallest absolute Gasteiger partial charge is 0.266 e. The van der Waals surface area contributed by atoms with Crippen molar-refractivity contribution in [3.8, 4) is 5.75 Å². The third-order valence-corrected chi connectivity index (χ3v) is 5.71. The summed E-state index contributed by atoms with van der Waals surface area (Å²) >= 11 is 10.2. The first-order valence-corrected chi connectivity index (χ1v) is 9.89. The molecule has 128 valence electrons. The van der Waals surface area contributed by atoms with Crippen molar-refractivity contribution in [3.05, 3.63) is 33.1 Å². The van der Waals surface area contributed by atoms with Crippen molar-refractivity contribution in [2.45, 2.75) is 25.9 Å². The Balaban J connectivity index is 1.82. The van der Waals surface area contributed by atoms with Gasteiger partial charge in [-0.15, -0.1) is 0 Å². The average molecular weight is 428 g/mol. The van der Waals surface area contributed by atoms with Crippen LogP contribution in [0.15, 0.2) is 27.6 Å². The van der Waals surface area contributed by atoms with E-state index >= 15 is 0 Å². The highest BCUT2D eigenvalue weighted by atomic mass is 79.9. The average Bonchev–Trinajstić information content (AvgIpc) is 3.15. The molecule has 2 aliphatic heterocycles. The van der Waals surface area contributed by atoms with Gasteiger partial charge in [-0.1, -0.05) is 39.9 Å². The third kappa shape index (κ3) is 4.02. The Labute approximate surface area is 159 Å². The van der Waals surface area contributed by atoms with Crippen molar-refractivity contribution in [3.63, 3.8) is 0 Å². The number of hydrogen-bond acceptors (Lipinski definition) is 5. The van der Waals surface area contributed by atoms with Crippen LogP contribution in [0.4, 0.5) is 0 Å². The number of carbonyl (C=O) groups excluding carboxylic acids is 1. The largest absolute Gasteiger partial charge is 0.493 e. The van der Waals surface area contributed by atoms with Crippen LogP contribution in [0.5, 0.6) is 5.75 Å². The van der Waals surface area contributed by atoms with E-state index in [9.17, 15) is 4.79 Å². The standard InChI is InChI=1S/C17H18BrNO3S2/c1-2-21-14-6-5-12(18)8-11(14)9-15-16(20)19(17(23)24-15)10-13-4-3-7-22-13/h5-6,8-9,13H,2-4,7,10H2,1H3/b15-9-/t13-/m0/s1. The molecule has 0 unspecified atom stereocenters. The minimum absolute atomic E-state index is 0.0528. The van der Waals surface area contributed by atoms with Gasteiger partial charge >= 0.3 is 0 Å². The quantitative estimate of drug-likeness (QED) is 0.519. The van der Waals surface area contributed by atoms with Crippen LogP contribution >= 0.6 is 39.9 Å². The highest BCUT2D eigenvalue weighted by Gasteiger charge is 2.34. The number of ether oxygens (including phenoxy) is 2. The molecule has 2 saturated heterocycles. The lowest BCUT2D eigenvalue weighted by atomic mass is 10.2. The van der Waals surface area contributed by atoms with Crippen molar-refractivity contribution in [1.29, 1.82) is 0 Å². The molecule has 0 spiro atoms. The first-order chi connectivity index (χ1) is 11.6. The maximum absolute atomic E-state index is 12.7. The zero-order chi connectivity index (χ0) is 17.1. The van der Waals surface area contributed by atoms with E-state index in [0.717, 1.165) is 35.2 Å². The predicted molar refractivity (Wildman–Crippen MR) is 104 cm³/mol. The van der Waals surface area contributed by atoms with Gasteiger partial charge in [0, 0.05) is 16.6 Å². The van der Waals surface area contributed by atoms with Crippen LogP contribution in [0.1, 0.15) is 25.3 Å². The Morgan fingerprint density at radius 1 is 1.54 bits per heavy atom. The van der Waals surface area contributed by atoms with E-state index in [4.69, 9.17) is 21.7 Å². The van der Waals surface area contributed by atoms with Crippen molar-refractivity contribution in [2.75, 3.05) is 19.8 Å². The monoisotopic (exact) mass is 427 g/mol. The molecule has 0 aromatic heterocycles. The van der Waals surface area contributed by atoms with Crippen molar-refractivity contribution < 1.29 is 14.3 Å². The number of benzene rings is 1.